The second-order valence-electron chi connectivity index (χ2n) is 6.50. The molecule has 0 aliphatic carbocycles. The highest BCUT2D eigenvalue weighted by Gasteiger charge is 2.46. The quantitative estimate of drug-likeness (QED) is 0.615. The monoisotopic (exact) mass is 408 g/mol. The molecule has 2 aliphatic heterocycles. The van der Waals surface area contributed by atoms with Crippen LogP contribution >= 0.6 is 11.8 Å². The van der Waals surface area contributed by atoms with Crippen LogP contribution in [0.25, 0.3) is 0 Å². The number of piperazine rings is 1. The smallest absolute Gasteiger partial charge is 0.339 e. The van der Waals surface area contributed by atoms with E-state index in [-0.39, 0.29) is 12.5 Å². The van der Waals surface area contributed by atoms with Crippen molar-refractivity contribution in [1.29, 1.82) is 0 Å². The van der Waals surface area contributed by atoms with Crippen molar-refractivity contribution in [1.82, 2.24) is 14.8 Å². The lowest BCUT2D eigenvalue weighted by molar-refractivity contribution is -0.157. The van der Waals surface area contributed by atoms with Crippen molar-refractivity contribution in [2.24, 2.45) is 0 Å². The van der Waals surface area contributed by atoms with Crippen molar-refractivity contribution in [2.45, 2.75) is 11.4 Å². The molecule has 0 bridgehead atoms. The molecular formula is C18H24N4O5S. The van der Waals surface area contributed by atoms with Crippen LogP contribution in [0.1, 0.15) is 0 Å². The Morgan fingerprint density at radius 2 is 1.82 bits per heavy atom. The SMILES string of the molecule is COC(=O)C1CSC(C(=O)OC)N1C(=O)CN1CCN(c2ccccn2)CC1. The largest absolute Gasteiger partial charge is 0.467 e. The van der Waals surface area contributed by atoms with Crippen LogP contribution in [-0.2, 0) is 23.9 Å². The number of amides is 1. The Morgan fingerprint density at radius 3 is 2.43 bits per heavy atom. The fraction of sp³-hybridized carbons (Fsp3) is 0.556. The summed E-state index contributed by atoms with van der Waals surface area (Å²) in [6, 6.07) is 5.01. The van der Waals surface area contributed by atoms with Crippen molar-refractivity contribution in [3.8, 4) is 0 Å². The summed E-state index contributed by atoms with van der Waals surface area (Å²) in [6.45, 7) is 3.02. The second kappa shape index (κ2) is 9.24. The summed E-state index contributed by atoms with van der Waals surface area (Å²) < 4.78 is 9.60. The first-order valence-corrected chi connectivity index (χ1v) is 10.1. The van der Waals surface area contributed by atoms with Gasteiger partial charge in [-0.25, -0.2) is 14.6 Å². The molecule has 2 unspecified atom stereocenters. The van der Waals surface area contributed by atoms with Gasteiger partial charge in [-0.15, -0.1) is 11.8 Å². The number of hydrogen-bond donors (Lipinski definition) is 0. The molecule has 0 N–H and O–H groups in total. The van der Waals surface area contributed by atoms with Crippen LogP contribution in [0.5, 0.6) is 0 Å². The fourth-order valence-electron chi connectivity index (χ4n) is 3.36. The van der Waals surface area contributed by atoms with Crippen molar-refractivity contribution in [3.05, 3.63) is 24.4 Å². The number of anilines is 1. The van der Waals surface area contributed by atoms with Gasteiger partial charge in [0.1, 0.15) is 11.9 Å². The van der Waals surface area contributed by atoms with Gasteiger partial charge in [0.15, 0.2) is 5.37 Å². The number of carbonyl (C=O) groups is 3. The minimum absolute atomic E-state index is 0.137. The number of carbonyl (C=O) groups excluding carboxylic acids is 3. The van der Waals surface area contributed by atoms with E-state index < -0.39 is 23.4 Å². The van der Waals surface area contributed by atoms with E-state index in [2.05, 4.69) is 9.88 Å². The number of pyridine rings is 1. The molecule has 0 radical (unpaired) electrons. The van der Waals surface area contributed by atoms with Gasteiger partial charge in [-0.3, -0.25) is 9.69 Å². The Labute approximate surface area is 167 Å². The number of aromatic nitrogens is 1. The lowest BCUT2D eigenvalue weighted by Gasteiger charge is -2.36. The van der Waals surface area contributed by atoms with E-state index in [0.29, 0.717) is 18.8 Å². The molecule has 1 aromatic heterocycles. The summed E-state index contributed by atoms with van der Waals surface area (Å²) in [4.78, 5) is 46.9. The van der Waals surface area contributed by atoms with Crippen LogP contribution in [0.3, 0.4) is 0 Å². The van der Waals surface area contributed by atoms with E-state index in [0.717, 1.165) is 18.9 Å². The molecular weight excluding hydrogens is 384 g/mol. The van der Waals surface area contributed by atoms with Crippen molar-refractivity contribution in [2.75, 3.05) is 57.6 Å². The summed E-state index contributed by atoms with van der Waals surface area (Å²) in [5.74, 6) is -0.106. The second-order valence-corrected chi connectivity index (χ2v) is 7.61. The zero-order chi connectivity index (χ0) is 20.1. The molecule has 28 heavy (non-hydrogen) atoms. The molecule has 152 valence electrons. The Hall–Kier alpha value is -2.33. The fourth-order valence-corrected chi connectivity index (χ4v) is 4.68. The number of hydrogen-bond acceptors (Lipinski definition) is 9. The Balaban J connectivity index is 1.62. The van der Waals surface area contributed by atoms with Crippen LogP contribution in [0.2, 0.25) is 0 Å². The van der Waals surface area contributed by atoms with Gasteiger partial charge in [0.05, 0.1) is 20.8 Å². The predicted molar refractivity (Wildman–Crippen MR) is 104 cm³/mol. The summed E-state index contributed by atoms with van der Waals surface area (Å²) >= 11 is 1.22. The van der Waals surface area contributed by atoms with E-state index in [1.54, 1.807) is 6.20 Å². The third-order valence-corrected chi connectivity index (χ3v) is 6.11. The molecule has 2 fully saturated rings. The van der Waals surface area contributed by atoms with Gasteiger partial charge in [-0.05, 0) is 12.1 Å². The Kier molecular flexibility index (Phi) is 6.74. The predicted octanol–water partition coefficient (Wildman–Crippen LogP) is -0.180. The number of methoxy groups -OCH3 is 2. The average Bonchev–Trinajstić information content (AvgIpc) is 3.19. The van der Waals surface area contributed by atoms with Gasteiger partial charge in [-0.2, -0.15) is 0 Å². The van der Waals surface area contributed by atoms with Gasteiger partial charge in [0, 0.05) is 38.1 Å². The maximum Gasteiger partial charge on any atom is 0.339 e. The average molecular weight is 408 g/mol. The van der Waals surface area contributed by atoms with Crippen LogP contribution < -0.4 is 4.90 Å². The van der Waals surface area contributed by atoms with E-state index in [4.69, 9.17) is 9.47 Å². The van der Waals surface area contributed by atoms with Gasteiger partial charge < -0.3 is 19.3 Å². The lowest BCUT2D eigenvalue weighted by Crippen LogP contribution is -2.54. The number of thioether (sulfide) groups is 1. The third-order valence-electron chi connectivity index (χ3n) is 4.87. The standard InChI is InChI=1S/C18H24N4O5S/c1-26-17(24)13-12-28-16(18(25)27-2)22(13)15(23)11-20-7-9-21(10-8-20)14-5-3-4-6-19-14/h3-6,13,16H,7-12H2,1-2H3. The summed E-state index contributed by atoms with van der Waals surface area (Å²) in [5.41, 5.74) is 0. The lowest BCUT2D eigenvalue weighted by atomic mass is 10.2. The number of ether oxygens (including phenoxy) is 2. The Morgan fingerprint density at radius 1 is 1.11 bits per heavy atom. The van der Waals surface area contributed by atoms with Gasteiger partial charge in [0.2, 0.25) is 5.91 Å². The van der Waals surface area contributed by atoms with E-state index in [1.165, 1.54) is 30.9 Å². The van der Waals surface area contributed by atoms with Gasteiger partial charge in [0.25, 0.3) is 0 Å². The van der Waals surface area contributed by atoms with Crippen molar-refractivity contribution in [3.63, 3.8) is 0 Å². The number of rotatable bonds is 5. The van der Waals surface area contributed by atoms with Crippen LogP contribution in [0, 0.1) is 0 Å². The van der Waals surface area contributed by atoms with E-state index in [1.807, 2.05) is 23.1 Å². The molecule has 2 aliphatic rings. The summed E-state index contributed by atoms with van der Waals surface area (Å²) in [5, 5.41) is -0.823. The zero-order valence-electron chi connectivity index (χ0n) is 15.9. The first-order valence-electron chi connectivity index (χ1n) is 9.02. The van der Waals surface area contributed by atoms with Crippen molar-refractivity contribution < 1.29 is 23.9 Å². The summed E-state index contributed by atoms with van der Waals surface area (Å²) in [7, 11) is 2.55. The van der Waals surface area contributed by atoms with Crippen molar-refractivity contribution >= 4 is 35.4 Å². The highest BCUT2D eigenvalue weighted by molar-refractivity contribution is 8.00. The molecule has 1 aromatic rings. The maximum atomic E-state index is 13.0. The molecule has 0 saturated carbocycles. The highest BCUT2D eigenvalue weighted by atomic mass is 32.2. The van der Waals surface area contributed by atoms with E-state index >= 15 is 0 Å². The first-order chi connectivity index (χ1) is 13.5. The molecule has 2 atom stereocenters. The molecule has 0 aromatic carbocycles. The maximum absolute atomic E-state index is 13.0. The number of esters is 2. The third kappa shape index (κ3) is 4.39. The van der Waals surface area contributed by atoms with Gasteiger partial charge in [-0.1, -0.05) is 6.07 Å². The minimum Gasteiger partial charge on any atom is -0.467 e. The topological polar surface area (TPSA) is 92.3 Å². The molecule has 1 amide bonds. The number of nitrogens with zero attached hydrogens (tertiary/aromatic N) is 4. The Bertz CT molecular complexity index is 687. The van der Waals surface area contributed by atoms with Crippen LogP contribution in [-0.4, -0.2) is 96.7 Å². The highest BCUT2D eigenvalue weighted by Crippen LogP contribution is 2.31. The molecule has 9 nitrogen and oxygen atoms in total. The molecule has 10 heteroatoms. The van der Waals surface area contributed by atoms with E-state index in [9.17, 15) is 14.4 Å². The molecule has 3 heterocycles. The van der Waals surface area contributed by atoms with Crippen LogP contribution in [0.4, 0.5) is 5.82 Å². The first kappa shape index (κ1) is 20.4. The van der Waals surface area contributed by atoms with Crippen LogP contribution in [0.15, 0.2) is 24.4 Å². The zero-order valence-corrected chi connectivity index (χ0v) is 16.8. The van der Waals surface area contributed by atoms with Gasteiger partial charge >= 0.3 is 11.9 Å². The summed E-state index contributed by atoms with van der Waals surface area (Å²) in [6.07, 6.45) is 1.76. The normalized spacial score (nSPS) is 22.8. The molecule has 2 saturated heterocycles. The molecule has 0 spiro atoms. The minimum atomic E-state index is -0.823. The molecule has 3 rings (SSSR count).